The lowest BCUT2D eigenvalue weighted by molar-refractivity contribution is -0.140. The van der Waals surface area contributed by atoms with Crippen LogP contribution in [0, 0.1) is 0 Å². The van der Waals surface area contributed by atoms with Gasteiger partial charge >= 0.3 is 5.97 Å². The van der Waals surface area contributed by atoms with Crippen molar-refractivity contribution in [3.05, 3.63) is 30.1 Å². The van der Waals surface area contributed by atoms with Crippen molar-refractivity contribution >= 4 is 11.9 Å². The van der Waals surface area contributed by atoms with Gasteiger partial charge in [0.2, 0.25) is 0 Å². The highest BCUT2D eigenvalue weighted by Gasteiger charge is 2.01. The Morgan fingerprint density at radius 1 is 1.40 bits per heavy atom. The first kappa shape index (κ1) is 15.9. The Labute approximate surface area is 119 Å². The number of aliphatic imine (C=N–C) groups is 1. The van der Waals surface area contributed by atoms with E-state index in [9.17, 15) is 4.79 Å². The summed E-state index contributed by atoms with van der Waals surface area (Å²) in [7, 11) is 1.38. The Kier molecular flexibility index (Phi) is 7.79. The van der Waals surface area contributed by atoms with Crippen molar-refractivity contribution in [1.82, 2.24) is 15.6 Å². The van der Waals surface area contributed by atoms with Crippen LogP contribution in [0.3, 0.4) is 0 Å². The maximum atomic E-state index is 11.0. The van der Waals surface area contributed by atoms with Crippen molar-refractivity contribution < 1.29 is 9.53 Å². The molecule has 0 fully saturated rings. The van der Waals surface area contributed by atoms with Gasteiger partial charge in [0.05, 0.1) is 20.1 Å². The minimum Gasteiger partial charge on any atom is -0.469 e. The smallest absolute Gasteiger partial charge is 0.307 e. The number of nitrogens with one attached hydrogen (secondary N) is 2. The molecule has 1 rings (SSSR count). The van der Waals surface area contributed by atoms with E-state index in [0.717, 1.165) is 25.2 Å². The van der Waals surface area contributed by atoms with Gasteiger partial charge in [-0.15, -0.1) is 0 Å². The maximum absolute atomic E-state index is 11.0. The van der Waals surface area contributed by atoms with Gasteiger partial charge in [-0.25, -0.2) is 0 Å². The summed E-state index contributed by atoms with van der Waals surface area (Å²) in [6.07, 6.45) is 2.89. The molecule has 6 heteroatoms. The molecule has 20 heavy (non-hydrogen) atoms. The number of guanidine groups is 1. The molecule has 1 heterocycles. The van der Waals surface area contributed by atoms with Crippen molar-refractivity contribution in [1.29, 1.82) is 0 Å². The van der Waals surface area contributed by atoms with Crippen LogP contribution in [0.15, 0.2) is 29.4 Å². The summed E-state index contributed by atoms with van der Waals surface area (Å²) in [4.78, 5) is 19.6. The molecule has 0 aliphatic heterocycles. The fourth-order valence-electron chi connectivity index (χ4n) is 1.56. The molecule has 1 aromatic rings. The Hall–Kier alpha value is -2.11. The van der Waals surface area contributed by atoms with E-state index in [1.807, 2.05) is 25.1 Å². The Morgan fingerprint density at radius 3 is 2.90 bits per heavy atom. The Bertz CT molecular complexity index is 420. The monoisotopic (exact) mass is 278 g/mol. The first-order valence-corrected chi connectivity index (χ1v) is 6.75. The van der Waals surface area contributed by atoms with Crippen LogP contribution in [0.4, 0.5) is 0 Å². The Balaban J connectivity index is 2.34. The zero-order valence-electron chi connectivity index (χ0n) is 12.1. The lowest BCUT2D eigenvalue weighted by Crippen LogP contribution is -2.38. The first-order valence-electron chi connectivity index (χ1n) is 6.75. The molecule has 0 spiro atoms. The number of methoxy groups -OCH3 is 1. The van der Waals surface area contributed by atoms with E-state index in [1.165, 1.54) is 7.11 Å². The third-order valence-electron chi connectivity index (χ3n) is 2.56. The summed E-state index contributed by atoms with van der Waals surface area (Å²) in [5, 5.41) is 6.33. The van der Waals surface area contributed by atoms with Gasteiger partial charge in [-0.05, 0) is 19.1 Å². The van der Waals surface area contributed by atoms with Crippen LogP contribution in [0.2, 0.25) is 0 Å². The molecule has 0 aliphatic carbocycles. The van der Waals surface area contributed by atoms with Crippen molar-refractivity contribution in [2.75, 3.05) is 26.7 Å². The van der Waals surface area contributed by atoms with Gasteiger partial charge in [-0.3, -0.25) is 14.8 Å². The summed E-state index contributed by atoms with van der Waals surface area (Å²) in [6.45, 7) is 3.91. The topological polar surface area (TPSA) is 75.6 Å². The average Bonchev–Trinajstić information content (AvgIpc) is 2.48. The molecule has 110 valence electrons. The summed E-state index contributed by atoms with van der Waals surface area (Å²) >= 11 is 0. The van der Waals surface area contributed by atoms with E-state index in [1.54, 1.807) is 6.20 Å². The second kappa shape index (κ2) is 9.77. The number of pyridine rings is 1. The highest BCUT2D eigenvalue weighted by molar-refractivity contribution is 5.80. The lowest BCUT2D eigenvalue weighted by atomic mass is 10.3. The molecule has 0 unspecified atom stereocenters. The van der Waals surface area contributed by atoms with E-state index in [-0.39, 0.29) is 12.4 Å². The lowest BCUT2D eigenvalue weighted by Gasteiger charge is -2.10. The first-order chi connectivity index (χ1) is 9.76. The third kappa shape index (κ3) is 6.72. The molecule has 0 radical (unpaired) electrons. The van der Waals surface area contributed by atoms with Crippen LogP contribution in [-0.2, 0) is 16.0 Å². The SMILES string of the molecule is CCNC(=NCCC(=O)OC)NCCc1ccccn1. The van der Waals surface area contributed by atoms with Crippen LogP contribution < -0.4 is 10.6 Å². The summed E-state index contributed by atoms with van der Waals surface area (Å²) < 4.78 is 4.57. The quantitative estimate of drug-likeness (QED) is 0.437. The highest BCUT2D eigenvalue weighted by Crippen LogP contribution is 1.93. The van der Waals surface area contributed by atoms with Gasteiger partial charge in [-0.1, -0.05) is 6.07 Å². The number of ether oxygens (including phenoxy) is 1. The standard InChI is InChI=1S/C14H22N4O2/c1-3-15-14(18-11-8-13(19)20-2)17-10-7-12-6-4-5-9-16-12/h4-6,9H,3,7-8,10-11H2,1-2H3,(H2,15,17,18). The number of hydrogen-bond acceptors (Lipinski definition) is 4. The zero-order chi connectivity index (χ0) is 14.6. The summed E-state index contributed by atoms with van der Waals surface area (Å²) in [5.74, 6) is 0.449. The second-order valence-corrected chi connectivity index (χ2v) is 4.08. The van der Waals surface area contributed by atoms with Crippen LogP contribution in [0.25, 0.3) is 0 Å². The van der Waals surface area contributed by atoms with Crippen molar-refractivity contribution in [2.45, 2.75) is 19.8 Å². The normalized spacial score (nSPS) is 11.0. The molecule has 1 aromatic heterocycles. The molecule has 0 aliphatic rings. The van der Waals surface area contributed by atoms with Gasteiger partial charge < -0.3 is 15.4 Å². The molecule has 0 atom stereocenters. The molecule has 0 amide bonds. The highest BCUT2D eigenvalue weighted by atomic mass is 16.5. The number of esters is 1. The largest absolute Gasteiger partial charge is 0.469 e. The number of aromatic nitrogens is 1. The molecule has 0 saturated heterocycles. The molecular formula is C14H22N4O2. The summed E-state index contributed by atoms with van der Waals surface area (Å²) in [5.41, 5.74) is 1.03. The zero-order valence-corrected chi connectivity index (χ0v) is 12.1. The van der Waals surface area contributed by atoms with Gasteiger partial charge in [0.15, 0.2) is 5.96 Å². The predicted octanol–water partition coefficient (Wildman–Crippen LogP) is 0.742. The Morgan fingerprint density at radius 2 is 2.25 bits per heavy atom. The third-order valence-corrected chi connectivity index (χ3v) is 2.56. The number of rotatable bonds is 7. The average molecular weight is 278 g/mol. The van der Waals surface area contributed by atoms with Crippen molar-refractivity contribution in [3.63, 3.8) is 0 Å². The molecule has 0 bridgehead atoms. The van der Waals surface area contributed by atoms with E-state index >= 15 is 0 Å². The second-order valence-electron chi connectivity index (χ2n) is 4.08. The van der Waals surface area contributed by atoms with Crippen LogP contribution in [-0.4, -0.2) is 43.7 Å². The fourth-order valence-corrected chi connectivity index (χ4v) is 1.56. The van der Waals surface area contributed by atoms with Crippen molar-refractivity contribution in [2.24, 2.45) is 4.99 Å². The fraction of sp³-hybridized carbons (Fsp3) is 0.500. The van der Waals surface area contributed by atoms with Gasteiger partial charge in [0.25, 0.3) is 0 Å². The summed E-state index contributed by atoms with van der Waals surface area (Å²) in [6, 6.07) is 5.86. The van der Waals surface area contributed by atoms with Crippen LogP contribution in [0.1, 0.15) is 19.0 Å². The maximum Gasteiger partial charge on any atom is 0.307 e. The van der Waals surface area contributed by atoms with E-state index in [4.69, 9.17) is 0 Å². The predicted molar refractivity (Wildman–Crippen MR) is 78.6 cm³/mol. The minimum atomic E-state index is -0.252. The number of carbonyl (C=O) groups is 1. The van der Waals surface area contributed by atoms with Gasteiger partial charge in [0.1, 0.15) is 0 Å². The molecular weight excluding hydrogens is 256 g/mol. The van der Waals surface area contributed by atoms with Crippen LogP contribution in [0.5, 0.6) is 0 Å². The molecule has 6 nitrogen and oxygen atoms in total. The molecule has 0 aromatic carbocycles. The van der Waals surface area contributed by atoms with Gasteiger partial charge in [-0.2, -0.15) is 0 Å². The van der Waals surface area contributed by atoms with E-state index in [0.29, 0.717) is 12.5 Å². The van der Waals surface area contributed by atoms with E-state index < -0.39 is 0 Å². The van der Waals surface area contributed by atoms with Gasteiger partial charge in [0, 0.05) is 31.4 Å². The number of hydrogen-bond donors (Lipinski definition) is 2. The van der Waals surface area contributed by atoms with Crippen LogP contribution >= 0.6 is 0 Å². The molecule has 2 N–H and O–H groups in total. The minimum absolute atomic E-state index is 0.252. The number of carbonyl (C=O) groups excluding carboxylic acids is 1. The van der Waals surface area contributed by atoms with E-state index in [2.05, 4.69) is 25.3 Å². The van der Waals surface area contributed by atoms with Crippen molar-refractivity contribution in [3.8, 4) is 0 Å². The molecule has 0 saturated carbocycles. The number of nitrogens with zero attached hydrogens (tertiary/aromatic N) is 2.